The molecule has 4 nitrogen and oxygen atoms in total. The summed E-state index contributed by atoms with van der Waals surface area (Å²) in [5.74, 6) is -0.938. The molecule has 0 amide bonds. The largest absolute Gasteiger partial charge is 0.481 e. The summed E-state index contributed by atoms with van der Waals surface area (Å²) in [7, 11) is 0. The van der Waals surface area contributed by atoms with Gasteiger partial charge in [-0.05, 0) is 6.42 Å². The second-order valence-electron chi connectivity index (χ2n) is 2.23. The smallest absolute Gasteiger partial charge is 0.313 e. The highest BCUT2D eigenvalue weighted by molar-refractivity contribution is 8.00. The summed E-state index contributed by atoms with van der Waals surface area (Å²) in [4.78, 5) is 10.1. The molecule has 0 heterocycles. The van der Waals surface area contributed by atoms with Gasteiger partial charge in [0.1, 0.15) is 0 Å². The maximum absolute atomic E-state index is 10.1. The van der Waals surface area contributed by atoms with Crippen LogP contribution in [0.3, 0.4) is 0 Å². The molecule has 0 saturated carbocycles. The third kappa shape index (κ3) is 6.78. The van der Waals surface area contributed by atoms with E-state index in [0.29, 0.717) is 23.9 Å². The van der Waals surface area contributed by atoms with E-state index in [1.807, 2.05) is 0 Å². The molecule has 0 bridgehead atoms. The van der Waals surface area contributed by atoms with E-state index in [-0.39, 0.29) is 12.2 Å². The number of aliphatic carboxylic acids is 1. The predicted molar refractivity (Wildman–Crippen MR) is 49.0 cm³/mol. The first kappa shape index (κ1) is 12.1. The van der Waals surface area contributed by atoms with Crippen LogP contribution in [0.4, 0.5) is 0 Å². The molecule has 3 N–H and O–H groups in total. The van der Waals surface area contributed by atoms with Crippen molar-refractivity contribution in [1.29, 1.82) is 0 Å². The van der Waals surface area contributed by atoms with Crippen LogP contribution in [0.15, 0.2) is 0 Å². The molecule has 0 aliphatic heterocycles. The molecule has 71 valence electrons. The van der Waals surface area contributed by atoms with Crippen LogP contribution in [0.1, 0.15) is 12.8 Å². The van der Waals surface area contributed by atoms with Gasteiger partial charge in [-0.25, -0.2) is 0 Å². The zero-order valence-electron chi connectivity index (χ0n) is 6.39. The van der Waals surface area contributed by atoms with Crippen molar-refractivity contribution in [2.24, 2.45) is 0 Å². The van der Waals surface area contributed by atoms with Gasteiger partial charge in [0.05, 0.1) is 5.75 Å². The summed E-state index contributed by atoms with van der Waals surface area (Å²) in [5, 5.41) is 24.5. The van der Waals surface area contributed by atoms with E-state index >= 15 is 0 Å². The molecule has 0 aromatic heterocycles. The van der Waals surface area contributed by atoms with E-state index < -0.39 is 11.1 Å². The van der Waals surface area contributed by atoms with Gasteiger partial charge in [-0.1, -0.05) is 24.4 Å². The molecule has 0 unspecified atom stereocenters. The molecule has 0 aromatic carbocycles. The fourth-order valence-electron chi connectivity index (χ4n) is 0.552. The molecule has 0 spiro atoms. The summed E-state index contributed by atoms with van der Waals surface area (Å²) < 4.78 is 0. The monoisotopic (exact) mass is 211 g/mol. The number of carboxylic acids is 1. The third-order valence-electron chi connectivity index (χ3n) is 1.07. The fourth-order valence-corrected chi connectivity index (χ4v) is 1.34. The van der Waals surface area contributed by atoms with Gasteiger partial charge in [0.2, 0.25) is 5.12 Å². The van der Waals surface area contributed by atoms with Crippen molar-refractivity contribution >= 4 is 30.4 Å². The minimum atomic E-state index is -1.95. The zero-order valence-corrected chi connectivity index (χ0v) is 8.03. The zero-order chi connectivity index (χ0) is 9.61. The van der Waals surface area contributed by atoms with Gasteiger partial charge in [-0.2, -0.15) is 0 Å². The second-order valence-corrected chi connectivity index (χ2v) is 3.87. The van der Waals surface area contributed by atoms with Crippen molar-refractivity contribution in [3.63, 3.8) is 0 Å². The van der Waals surface area contributed by atoms with Crippen molar-refractivity contribution in [3.05, 3.63) is 0 Å². The van der Waals surface area contributed by atoms with Crippen LogP contribution in [0.5, 0.6) is 0 Å². The first-order valence-corrected chi connectivity index (χ1v) is 4.93. The van der Waals surface area contributed by atoms with Crippen molar-refractivity contribution in [2.75, 3.05) is 11.5 Å². The average Bonchev–Trinajstić information content (AvgIpc) is 1.98. The molecule has 6 heteroatoms. The molecular formula is C6H11O4S2. The maximum Gasteiger partial charge on any atom is 0.313 e. The highest BCUT2D eigenvalue weighted by Gasteiger charge is 2.23. The van der Waals surface area contributed by atoms with E-state index in [0.717, 1.165) is 0 Å². The Labute approximate surface area is 80.4 Å². The lowest BCUT2D eigenvalue weighted by molar-refractivity contribution is -0.134. The quantitative estimate of drug-likeness (QED) is 0.555. The van der Waals surface area contributed by atoms with E-state index in [4.69, 9.17) is 15.3 Å². The normalized spacial score (nSPS) is 11.6. The number of hydrogen-bond donors (Lipinski definition) is 3. The Bertz CT molecular complexity index is 148. The van der Waals surface area contributed by atoms with Gasteiger partial charge in [-0.3, -0.25) is 4.79 Å². The van der Waals surface area contributed by atoms with Crippen LogP contribution in [0, 0.1) is 0 Å². The van der Waals surface area contributed by atoms with Crippen LogP contribution in [-0.2, 0) is 4.79 Å². The number of hydrogen-bond acceptors (Lipinski definition) is 4. The number of thioether (sulfide) groups is 1. The summed E-state index contributed by atoms with van der Waals surface area (Å²) >= 11 is 5.20. The van der Waals surface area contributed by atoms with Gasteiger partial charge in [-0.15, -0.1) is 0 Å². The molecule has 0 fully saturated rings. The molecule has 0 aliphatic rings. The highest BCUT2D eigenvalue weighted by Crippen LogP contribution is 2.24. The van der Waals surface area contributed by atoms with Gasteiger partial charge < -0.3 is 15.3 Å². The average molecular weight is 211 g/mol. The Kier molecular flexibility index (Phi) is 5.73. The van der Waals surface area contributed by atoms with Gasteiger partial charge in [0, 0.05) is 12.2 Å². The van der Waals surface area contributed by atoms with Crippen LogP contribution in [-0.4, -0.2) is 37.9 Å². The minimum Gasteiger partial charge on any atom is -0.481 e. The van der Waals surface area contributed by atoms with E-state index in [9.17, 15) is 4.79 Å². The molecule has 0 aromatic rings. The number of carboxylic acid groups (broad SMARTS) is 1. The molecular weight excluding hydrogens is 200 g/mol. The molecule has 12 heavy (non-hydrogen) atoms. The predicted octanol–water partition coefficient (Wildman–Crippen LogP) is 0.420. The Balaban J connectivity index is 3.63. The van der Waals surface area contributed by atoms with E-state index in [2.05, 4.69) is 12.6 Å². The van der Waals surface area contributed by atoms with Crippen LogP contribution >= 0.6 is 24.4 Å². The van der Waals surface area contributed by atoms with E-state index in [1.165, 1.54) is 0 Å². The highest BCUT2D eigenvalue weighted by atomic mass is 32.2. The molecule has 0 rings (SSSR count). The van der Waals surface area contributed by atoms with Crippen molar-refractivity contribution in [2.45, 2.75) is 18.0 Å². The number of aliphatic hydroxyl groups is 2. The molecule has 0 aliphatic carbocycles. The Morgan fingerprint density at radius 3 is 2.50 bits per heavy atom. The first-order chi connectivity index (χ1) is 5.48. The lowest BCUT2D eigenvalue weighted by atomic mass is 10.3. The second kappa shape index (κ2) is 5.69. The molecule has 0 atom stereocenters. The number of carbonyl (C=O) groups is 1. The van der Waals surface area contributed by atoms with Gasteiger partial charge in [0.25, 0.3) is 0 Å². The lowest BCUT2D eigenvalue weighted by Crippen LogP contribution is -2.25. The van der Waals surface area contributed by atoms with Crippen molar-refractivity contribution < 1.29 is 20.1 Å². The van der Waals surface area contributed by atoms with Crippen molar-refractivity contribution in [1.82, 2.24) is 0 Å². The summed E-state index contributed by atoms with van der Waals surface area (Å²) in [6, 6.07) is 0. The van der Waals surface area contributed by atoms with E-state index in [1.54, 1.807) is 0 Å². The van der Waals surface area contributed by atoms with Crippen LogP contribution in [0.25, 0.3) is 0 Å². The Morgan fingerprint density at radius 2 is 2.08 bits per heavy atom. The Hall–Kier alpha value is 0.0900. The third-order valence-corrected chi connectivity index (χ3v) is 2.42. The van der Waals surface area contributed by atoms with Gasteiger partial charge in [0.15, 0.2) is 0 Å². The summed E-state index contributed by atoms with van der Waals surface area (Å²) in [6.45, 7) is 0. The summed E-state index contributed by atoms with van der Waals surface area (Å²) in [6.07, 6.45) is 0.601. The first-order valence-electron chi connectivity index (χ1n) is 3.36. The Morgan fingerprint density at radius 1 is 1.50 bits per heavy atom. The standard InChI is InChI=1S/C6H11O4S2/c7-5(8)4-12-6(9,10)2-1-3-11/h9-10H,1-4H2,(H,7,8). The van der Waals surface area contributed by atoms with Crippen LogP contribution < -0.4 is 0 Å². The lowest BCUT2D eigenvalue weighted by Gasteiger charge is -2.18. The molecule has 1 radical (unpaired) electrons. The van der Waals surface area contributed by atoms with Gasteiger partial charge >= 0.3 is 5.97 Å². The molecule has 0 saturated heterocycles. The fraction of sp³-hybridized carbons (Fsp3) is 0.833. The summed E-state index contributed by atoms with van der Waals surface area (Å²) in [5.41, 5.74) is 0. The SMILES string of the molecule is O=C(O)CSC(O)(O)CCC[S]. The topological polar surface area (TPSA) is 77.8 Å². The number of rotatable bonds is 6. The minimum absolute atomic E-state index is 0.106. The van der Waals surface area contributed by atoms with Crippen molar-refractivity contribution in [3.8, 4) is 0 Å². The van der Waals surface area contributed by atoms with Crippen LogP contribution in [0.2, 0.25) is 0 Å². The maximum atomic E-state index is 10.1.